The molecule has 0 aromatic rings. The fourth-order valence-corrected chi connectivity index (χ4v) is 12.3. The van der Waals surface area contributed by atoms with Gasteiger partial charge in [0.05, 0.1) is 26.4 Å². The third kappa shape index (κ3) is 63.5. The van der Waals surface area contributed by atoms with Crippen LogP contribution in [0.2, 0.25) is 0 Å². The van der Waals surface area contributed by atoms with Crippen molar-refractivity contribution in [1.29, 1.82) is 0 Å². The Hall–Kier alpha value is -1.94. The van der Waals surface area contributed by atoms with Gasteiger partial charge in [-0.25, -0.2) is 9.13 Å². The smallest absolute Gasteiger partial charge is 0.462 e. The molecule has 0 saturated carbocycles. The molecule has 0 aromatic carbocycles. The summed E-state index contributed by atoms with van der Waals surface area (Å²) in [5.74, 6) is 0.158. The molecular formula is C71H138O17P2. The lowest BCUT2D eigenvalue weighted by Crippen LogP contribution is -2.30. The summed E-state index contributed by atoms with van der Waals surface area (Å²) < 4.78 is 68.3. The van der Waals surface area contributed by atoms with Crippen molar-refractivity contribution in [3.05, 3.63) is 0 Å². The maximum atomic E-state index is 13.0. The van der Waals surface area contributed by atoms with Crippen molar-refractivity contribution >= 4 is 39.5 Å². The lowest BCUT2D eigenvalue weighted by Gasteiger charge is -2.21. The molecule has 0 saturated heterocycles. The van der Waals surface area contributed by atoms with Crippen molar-refractivity contribution in [1.82, 2.24) is 0 Å². The van der Waals surface area contributed by atoms with Crippen LogP contribution in [0.15, 0.2) is 0 Å². The number of ether oxygens (including phenoxy) is 4. The van der Waals surface area contributed by atoms with Gasteiger partial charge in [-0.3, -0.25) is 37.3 Å². The summed E-state index contributed by atoms with van der Waals surface area (Å²) in [6, 6.07) is 0. The molecule has 0 radical (unpaired) electrons. The van der Waals surface area contributed by atoms with E-state index in [0.29, 0.717) is 31.6 Å². The second kappa shape index (κ2) is 61.9. The molecule has 0 bridgehead atoms. The quantitative estimate of drug-likeness (QED) is 0.0222. The number of hydrogen-bond donors (Lipinski definition) is 3. The molecule has 0 rings (SSSR count). The van der Waals surface area contributed by atoms with Crippen molar-refractivity contribution in [3.8, 4) is 0 Å². The summed E-state index contributed by atoms with van der Waals surface area (Å²) in [6.45, 7) is 11.8. The van der Waals surface area contributed by atoms with E-state index < -0.39 is 97.5 Å². The van der Waals surface area contributed by atoms with E-state index in [1.54, 1.807) is 0 Å². The van der Waals surface area contributed by atoms with Gasteiger partial charge in [-0.1, -0.05) is 305 Å². The molecule has 0 aliphatic rings. The highest BCUT2D eigenvalue weighted by Crippen LogP contribution is 2.45. The van der Waals surface area contributed by atoms with Crippen LogP contribution in [-0.4, -0.2) is 96.7 Å². The zero-order valence-corrected chi connectivity index (χ0v) is 60.4. The molecule has 0 heterocycles. The number of carbonyl (C=O) groups excluding carboxylic acids is 4. The van der Waals surface area contributed by atoms with Crippen LogP contribution in [-0.2, 0) is 65.4 Å². The highest BCUT2D eigenvalue weighted by atomic mass is 31.2. The fraction of sp³-hybridized carbons (Fsp3) is 0.944. The van der Waals surface area contributed by atoms with Crippen molar-refractivity contribution in [2.75, 3.05) is 39.6 Å². The van der Waals surface area contributed by atoms with Gasteiger partial charge in [-0.05, 0) is 43.4 Å². The molecule has 0 aliphatic heterocycles. The van der Waals surface area contributed by atoms with Gasteiger partial charge in [0.2, 0.25) is 0 Å². The van der Waals surface area contributed by atoms with Crippen LogP contribution < -0.4 is 0 Å². The summed E-state index contributed by atoms with van der Waals surface area (Å²) in [5.41, 5.74) is 0. The van der Waals surface area contributed by atoms with Gasteiger partial charge in [0.15, 0.2) is 12.2 Å². The number of rotatable bonds is 69. The molecule has 0 spiro atoms. The predicted molar refractivity (Wildman–Crippen MR) is 363 cm³/mol. The Labute approximate surface area is 549 Å². The van der Waals surface area contributed by atoms with Gasteiger partial charge in [-0.15, -0.1) is 0 Å². The number of aliphatic hydroxyl groups is 1. The van der Waals surface area contributed by atoms with Gasteiger partial charge in [0.1, 0.15) is 19.3 Å². The van der Waals surface area contributed by atoms with E-state index in [1.807, 2.05) is 0 Å². The number of phosphoric ester groups is 2. The van der Waals surface area contributed by atoms with Crippen molar-refractivity contribution in [2.24, 2.45) is 17.8 Å². The van der Waals surface area contributed by atoms with Gasteiger partial charge in [0, 0.05) is 25.7 Å². The minimum Gasteiger partial charge on any atom is -0.462 e. The SMILES string of the molecule is CCCCCCCCCCCCC(=O)O[C@H](COC(=O)CCCCCCCCC(C)C)COP(=O)(O)OC[C@H](O)COP(=O)(O)OC[C@@H](COC(=O)CCCCCCCCCCCCC(C)CC)OC(=O)CCCCCCCCCCCCCCCCC(C)C. The van der Waals surface area contributed by atoms with E-state index in [1.165, 1.54) is 161 Å². The molecular weight excluding hydrogens is 1190 g/mol. The van der Waals surface area contributed by atoms with Crippen LogP contribution in [0.1, 0.15) is 357 Å². The molecule has 6 atom stereocenters. The molecule has 534 valence electrons. The van der Waals surface area contributed by atoms with Crippen LogP contribution in [0.5, 0.6) is 0 Å². The average molecular weight is 1330 g/mol. The highest BCUT2D eigenvalue weighted by Gasteiger charge is 2.30. The average Bonchev–Trinajstić information content (AvgIpc) is 3.16. The monoisotopic (exact) mass is 1320 g/mol. The Morgan fingerprint density at radius 3 is 0.844 bits per heavy atom. The molecule has 0 amide bonds. The summed E-state index contributed by atoms with van der Waals surface area (Å²) in [7, 11) is -9.90. The number of unbranched alkanes of at least 4 members (excludes halogenated alkanes) is 36. The molecule has 17 nitrogen and oxygen atoms in total. The third-order valence-electron chi connectivity index (χ3n) is 16.7. The van der Waals surface area contributed by atoms with E-state index in [9.17, 15) is 43.2 Å². The number of phosphoric acid groups is 2. The highest BCUT2D eigenvalue weighted by molar-refractivity contribution is 7.47. The number of hydrogen-bond acceptors (Lipinski definition) is 15. The largest absolute Gasteiger partial charge is 0.472 e. The first kappa shape index (κ1) is 88.1. The van der Waals surface area contributed by atoms with Crippen molar-refractivity contribution < 1.29 is 80.2 Å². The standard InChI is InChI=1S/C71H138O17P2/c1-8-10-11-12-13-14-25-31-40-47-54-70(75)88-67(59-82-69(74)53-46-39-34-33-36-43-50-63(5)6)61-86-90(79,80)84-57-65(72)56-83-89(77,78)85-60-66(58-81-68(73)52-45-38-30-26-22-21-24-29-37-44-51-64(7)9-2)87-71(76)55-48-41-32-27-20-18-16-15-17-19-23-28-35-42-49-62(3)4/h62-67,72H,8-61H2,1-7H3,(H,77,78)(H,79,80)/t64?,65-,66-,67-/m1/s1. The van der Waals surface area contributed by atoms with Crippen LogP contribution in [0.4, 0.5) is 0 Å². The minimum atomic E-state index is -4.95. The summed E-state index contributed by atoms with van der Waals surface area (Å²) in [5, 5.41) is 10.6. The topological polar surface area (TPSA) is 237 Å². The molecule has 0 aliphatic carbocycles. The zero-order chi connectivity index (χ0) is 66.6. The van der Waals surface area contributed by atoms with Gasteiger partial charge >= 0.3 is 39.5 Å². The molecule has 0 aromatic heterocycles. The summed E-state index contributed by atoms with van der Waals surface area (Å²) in [4.78, 5) is 72.5. The first-order valence-electron chi connectivity index (χ1n) is 36.9. The fourth-order valence-electron chi connectivity index (χ4n) is 10.7. The first-order valence-corrected chi connectivity index (χ1v) is 39.9. The molecule has 3 N–H and O–H groups in total. The lowest BCUT2D eigenvalue weighted by molar-refractivity contribution is -0.161. The van der Waals surface area contributed by atoms with E-state index in [0.717, 1.165) is 108 Å². The van der Waals surface area contributed by atoms with Crippen molar-refractivity contribution in [3.63, 3.8) is 0 Å². The first-order chi connectivity index (χ1) is 43.3. The van der Waals surface area contributed by atoms with Gasteiger partial charge in [0.25, 0.3) is 0 Å². The Kier molecular flexibility index (Phi) is 60.6. The third-order valence-corrected chi connectivity index (χ3v) is 18.6. The van der Waals surface area contributed by atoms with E-state index in [2.05, 4.69) is 48.5 Å². The molecule has 90 heavy (non-hydrogen) atoms. The predicted octanol–water partition coefficient (Wildman–Crippen LogP) is 20.2. The minimum absolute atomic E-state index is 0.105. The normalized spacial score (nSPS) is 14.5. The maximum absolute atomic E-state index is 13.0. The number of aliphatic hydroxyl groups excluding tert-OH is 1. The Bertz CT molecular complexity index is 1770. The molecule has 3 unspecified atom stereocenters. The van der Waals surface area contributed by atoms with Crippen LogP contribution in [0, 0.1) is 17.8 Å². The van der Waals surface area contributed by atoms with Crippen LogP contribution in [0.3, 0.4) is 0 Å². The molecule has 19 heteroatoms. The maximum Gasteiger partial charge on any atom is 0.472 e. The van der Waals surface area contributed by atoms with Crippen molar-refractivity contribution in [2.45, 2.75) is 375 Å². The van der Waals surface area contributed by atoms with Crippen LogP contribution >= 0.6 is 15.6 Å². The Morgan fingerprint density at radius 1 is 0.322 bits per heavy atom. The van der Waals surface area contributed by atoms with Gasteiger partial charge < -0.3 is 33.8 Å². The van der Waals surface area contributed by atoms with E-state index in [4.69, 9.17) is 37.0 Å². The second-order valence-corrected chi connectivity index (χ2v) is 29.7. The second-order valence-electron chi connectivity index (χ2n) is 26.8. The van der Waals surface area contributed by atoms with Crippen LogP contribution in [0.25, 0.3) is 0 Å². The zero-order valence-electron chi connectivity index (χ0n) is 58.6. The summed E-state index contributed by atoms with van der Waals surface area (Å²) in [6.07, 6.45) is 45.8. The van der Waals surface area contributed by atoms with Gasteiger partial charge in [-0.2, -0.15) is 0 Å². The summed E-state index contributed by atoms with van der Waals surface area (Å²) >= 11 is 0. The Morgan fingerprint density at radius 2 is 0.567 bits per heavy atom. The Balaban J connectivity index is 5.23. The van der Waals surface area contributed by atoms with E-state index in [-0.39, 0.29) is 25.7 Å². The number of carbonyl (C=O) groups is 4. The number of esters is 4. The molecule has 0 fully saturated rings. The van der Waals surface area contributed by atoms with E-state index >= 15 is 0 Å². The lowest BCUT2D eigenvalue weighted by atomic mass is 9.99.